The Bertz CT molecular complexity index is 215. The Morgan fingerprint density at radius 2 is 1.53 bits per heavy atom. The molecule has 2 heteroatoms. The largest absolute Gasteiger partial charge is 0.304 e. The van der Waals surface area contributed by atoms with E-state index in [2.05, 4.69) is 58.4 Å². The summed E-state index contributed by atoms with van der Waals surface area (Å²) in [6, 6.07) is 0.665. The zero-order chi connectivity index (χ0) is 11.9. The van der Waals surface area contributed by atoms with Crippen molar-refractivity contribution in [3.8, 4) is 0 Å². The molecule has 1 heterocycles. The molecule has 0 aromatic heterocycles. The van der Waals surface area contributed by atoms with E-state index in [-0.39, 0.29) is 5.54 Å². The summed E-state index contributed by atoms with van der Waals surface area (Å²) in [6.45, 7) is 17.7. The molecule has 1 aliphatic heterocycles. The Labute approximate surface area is 95.6 Å². The van der Waals surface area contributed by atoms with Crippen LogP contribution in [0.2, 0.25) is 0 Å². The van der Waals surface area contributed by atoms with Crippen LogP contribution in [0.3, 0.4) is 0 Å². The van der Waals surface area contributed by atoms with Crippen molar-refractivity contribution in [2.45, 2.75) is 53.1 Å². The Morgan fingerprint density at radius 3 is 1.93 bits per heavy atom. The van der Waals surface area contributed by atoms with Gasteiger partial charge in [-0.3, -0.25) is 4.90 Å². The molecule has 1 fully saturated rings. The summed E-state index contributed by atoms with van der Waals surface area (Å²) >= 11 is 0. The molecule has 0 N–H and O–H groups in total. The van der Waals surface area contributed by atoms with Crippen molar-refractivity contribution >= 4 is 0 Å². The molecule has 0 spiro atoms. The van der Waals surface area contributed by atoms with Crippen LogP contribution in [0.5, 0.6) is 0 Å². The Morgan fingerprint density at radius 1 is 1.00 bits per heavy atom. The minimum atomic E-state index is 0.272. The number of hydrogen-bond acceptors (Lipinski definition) is 2. The minimum Gasteiger partial charge on any atom is -0.304 e. The van der Waals surface area contributed by atoms with E-state index < -0.39 is 0 Å². The molecule has 0 radical (unpaired) electrons. The standard InChI is InChI=1S/C13H28N2/c1-11-10-14(7)8-9-15(11)13(5,6)12(2,3)4/h11H,8-10H2,1-7H3/t11-/m1/s1. The van der Waals surface area contributed by atoms with E-state index >= 15 is 0 Å². The third-order valence-electron chi connectivity index (χ3n) is 4.38. The maximum Gasteiger partial charge on any atom is 0.0205 e. The number of nitrogens with zero attached hydrogens (tertiary/aromatic N) is 2. The number of hydrogen-bond donors (Lipinski definition) is 0. The van der Waals surface area contributed by atoms with Crippen molar-refractivity contribution in [2.75, 3.05) is 26.7 Å². The molecule has 0 unspecified atom stereocenters. The van der Waals surface area contributed by atoms with Crippen LogP contribution >= 0.6 is 0 Å². The molecular weight excluding hydrogens is 184 g/mol. The predicted octanol–water partition coefficient (Wildman–Crippen LogP) is 2.45. The summed E-state index contributed by atoms with van der Waals surface area (Å²) in [7, 11) is 2.22. The summed E-state index contributed by atoms with van der Waals surface area (Å²) in [6.07, 6.45) is 0. The van der Waals surface area contributed by atoms with Crippen molar-refractivity contribution in [3.63, 3.8) is 0 Å². The van der Waals surface area contributed by atoms with E-state index in [9.17, 15) is 0 Å². The van der Waals surface area contributed by atoms with Gasteiger partial charge < -0.3 is 4.90 Å². The van der Waals surface area contributed by atoms with E-state index in [1.54, 1.807) is 0 Å². The highest BCUT2D eigenvalue weighted by Crippen LogP contribution is 2.37. The highest BCUT2D eigenvalue weighted by molar-refractivity contribution is 4.96. The third-order valence-corrected chi connectivity index (χ3v) is 4.38. The second-order valence-corrected chi connectivity index (χ2v) is 6.61. The van der Waals surface area contributed by atoms with Crippen molar-refractivity contribution in [1.29, 1.82) is 0 Å². The van der Waals surface area contributed by atoms with Crippen LogP contribution in [0, 0.1) is 5.41 Å². The van der Waals surface area contributed by atoms with Gasteiger partial charge in [0.25, 0.3) is 0 Å². The molecule has 0 aromatic rings. The Kier molecular flexibility index (Phi) is 3.52. The van der Waals surface area contributed by atoms with Crippen molar-refractivity contribution in [3.05, 3.63) is 0 Å². The molecular formula is C13H28N2. The third kappa shape index (κ3) is 2.54. The first kappa shape index (κ1) is 13.0. The number of piperazine rings is 1. The van der Waals surface area contributed by atoms with Gasteiger partial charge in [-0.2, -0.15) is 0 Å². The van der Waals surface area contributed by atoms with Crippen LogP contribution in [0.25, 0.3) is 0 Å². The summed E-state index contributed by atoms with van der Waals surface area (Å²) in [4.78, 5) is 5.10. The summed E-state index contributed by atoms with van der Waals surface area (Å²) in [5, 5.41) is 0. The van der Waals surface area contributed by atoms with Gasteiger partial charge in [-0.05, 0) is 33.2 Å². The van der Waals surface area contributed by atoms with Crippen LogP contribution in [0.15, 0.2) is 0 Å². The Hall–Kier alpha value is -0.0800. The molecule has 0 bridgehead atoms. The minimum absolute atomic E-state index is 0.272. The number of likely N-dealkylation sites (N-methyl/N-ethyl adjacent to an activating group) is 1. The second-order valence-electron chi connectivity index (χ2n) is 6.61. The molecule has 1 rings (SSSR count). The van der Waals surface area contributed by atoms with E-state index in [0.717, 1.165) is 0 Å². The highest BCUT2D eigenvalue weighted by Gasteiger charge is 2.41. The lowest BCUT2D eigenvalue weighted by Crippen LogP contribution is -2.62. The van der Waals surface area contributed by atoms with Gasteiger partial charge in [0, 0.05) is 31.2 Å². The Balaban J connectivity index is 2.79. The fourth-order valence-electron chi connectivity index (χ4n) is 2.40. The van der Waals surface area contributed by atoms with E-state index in [1.807, 2.05) is 0 Å². The smallest absolute Gasteiger partial charge is 0.0205 e. The van der Waals surface area contributed by atoms with Crippen LogP contribution < -0.4 is 0 Å². The molecule has 1 saturated heterocycles. The van der Waals surface area contributed by atoms with Crippen LogP contribution in [-0.4, -0.2) is 48.1 Å². The van der Waals surface area contributed by atoms with Crippen LogP contribution in [0.4, 0.5) is 0 Å². The molecule has 0 aromatic carbocycles. The van der Waals surface area contributed by atoms with Crippen molar-refractivity contribution < 1.29 is 0 Å². The summed E-state index contributed by atoms with van der Waals surface area (Å²) < 4.78 is 0. The predicted molar refractivity (Wildman–Crippen MR) is 67.2 cm³/mol. The van der Waals surface area contributed by atoms with E-state index in [0.29, 0.717) is 11.5 Å². The average Bonchev–Trinajstić information content (AvgIpc) is 2.00. The maximum atomic E-state index is 2.67. The SMILES string of the molecule is C[C@@H]1CN(C)CCN1C(C)(C)C(C)(C)C. The van der Waals surface area contributed by atoms with Gasteiger partial charge in [-0.1, -0.05) is 20.8 Å². The first-order chi connectivity index (χ1) is 6.66. The quantitative estimate of drug-likeness (QED) is 0.659. The van der Waals surface area contributed by atoms with Crippen LogP contribution in [-0.2, 0) is 0 Å². The summed E-state index contributed by atoms with van der Waals surface area (Å²) in [5.74, 6) is 0. The molecule has 1 aliphatic rings. The lowest BCUT2D eigenvalue weighted by atomic mass is 9.74. The average molecular weight is 212 g/mol. The summed E-state index contributed by atoms with van der Waals surface area (Å²) in [5.41, 5.74) is 0.602. The molecule has 0 amide bonds. The number of rotatable bonds is 1. The topological polar surface area (TPSA) is 6.48 Å². The molecule has 90 valence electrons. The molecule has 1 atom stereocenters. The first-order valence-corrected chi connectivity index (χ1v) is 6.11. The fraction of sp³-hybridized carbons (Fsp3) is 1.00. The van der Waals surface area contributed by atoms with Crippen molar-refractivity contribution in [2.24, 2.45) is 5.41 Å². The molecule has 0 aliphatic carbocycles. The molecule has 15 heavy (non-hydrogen) atoms. The maximum absolute atomic E-state index is 2.67. The lowest BCUT2D eigenvalue weighted by molar-refractivity contribution is -0.0400. The van der Waals surface area contributed by atoms with Gasteiger partial charge in [0.05, 0.1) is 0 Å². The second kappa shape index (κ2) is 4.06. The van der Waals surface area contributed by atoms with Gasteiger partial charge in [0.2, 0.25) is 0 Å². The normalized spacial score (nSPS) is 27.0. The zero-order valence-electron chi connectivity index (χ0n) is 11.6. The highest BCUT2D eigenvalue weighted by atomic mass is 15.3. The zero-order valence-corrected chi connectivity index (χ0v) is 11.6. The van der Waals surface area contributed by atoms with Gasteiger partial charge in [-0.15, -0.1) is 0 Å². The van der Waals surface area contributed by atoms with Crippen LogP contribution in [0.1, 0.15) is 41.5 Å². The van der Waals surface area contributed by atoms with E-state index in [1.165, 1.54) is 19.6 Å². The first-order valence-electron chi connectivity index (χ1n) is 6.11. The molecule has 2 nitrogen and oxygen atoms in total. The van der Waals surface area contributed by atoms with Gasteiger partial charge in [-0.25, -0.2) is 0 Å². The van der Waals surface area contributed by atoms with Crippen molar-refractivity contribution in [1.82, 2.24) is 9.80 Å². The fourth-order valence-corrected chi connectivity index (χ4v) is 2.40. The molecule has 0 saturated carbocycles. The van der Waals surface area contributed by atoms with Gasteiger partial charge >= 0.3 is 0 Å². The monoisotopic (exact) mass is 212 g/mol. The van der Waals surface area contributed by atoms with Gasteiger partial charge in [0.1, 0.15) is 0 Å². The van der Waals surface area contributed by atoms with Gasteiger partial charge in [0.15, 0.2) is 0 Å². The lowest BCUT2D eigenvalue weighted by Gasteiger charge is -2.53. The van der Waals surface area contributed by atoms with E-state index in [4.69, 9.17) is 0 Å².